The van der Waals surface area contributed by atoms with Gasteiger partial charge < -0.3 is 11.1 Å². The summed E-state index contributed by atoms with van der Waals surface area (Å²) in [5.41, 5.74) is 6.04. The van der Waals surface area contributed by atoms with Crippen molar-refractivity contribution in [1.29, 1.82) is 0 Å². The maximum absolute atomic E-state index is 11.8. The predicted octanol–water partition coefficient (Wildman–Crippen LogP) is 1.58. The van der Waals surface area contributed by atoms with Crippen LogP contribution in [0.1, 0.15) is 36.5 Å². The third kappa shape index (κ3) is 2.51. The second kappa shape index (κ2) is 4.51. The number of nitrogens with one attached hydrogen (secondary N) is 1. The van der Waals surface area contributed by atoms with Crippen LogP contribution in [-0.4, -0.2) is 16.9 Å². The van der Waals surface area contributed by atoms with Gasteiger partial charge in [-0.1, -0.05) is 13.3 Å². The summed E-state index contributed by atoms with van der Waals surface area (Å²) < 4.78 is 0. The average molecular weight is 219 g/mol. The average Bonchev–Trinajstić information content (AvgIpc) is 2.98. The lowest BCUT2D eigenvalue weighted by atomic mass is 10.2. The van der Waals surface area contributed by atoms with Gasteiger partial charge in [-0.25, -0.2) is 4.98 Å². The molecular formula is C12H17N3O. The van der Waals surface area contributed by atoms with E-state index in [9.17, 15) is 4.79 Å². The van der Waals surface area contributed by atoms with Gasteiger partial charge in [-0.05, 0) is 30.9 Å². The first kappa shape index (κ1) is 10.9. The summed E-state index contributed by atoms with van der Waals surface area (Å²) in [5, 5.41) is 3.00. The van der Waals surface area contributed by atoms with E-state index in [0.717, 1.165) is 6.42 Å². The first-order chi connectivity index (χ1) is 7.70. The molecule has 1 heterocycles. The smallest absolute Gasteiger partial charge is 0.253 e. The van der Waals surface area contributed by atoms with Crippen LogP contribution in [0.2, 0.25) is 0 Å². The first-order valence-corrected chi connectivity index (χ1v) is 5.73. The Morgan fingerprint density at radius 3 is 3.06 bits per heavy atom. The fourth-order valence-corrected chi connectivity index (χ4v) is 1.91. The summed E-state index contributed by atoms with van der Waals surface area (Å²) >= 11 is 0. The minimum Gasteiger partial charge on any atom is -0.384 e. The fourth-order valence-electron chi connectivity index (χ4n) is 1.91. The van der Waals surface area contributed by atoms with Crippen molar-refractivity contribution < 1.29 is 4.79 Å². The molecule has 0 bridgehead atoms. The Hall–Kier alpha value is -1.58. The standard InChI is InChI=1S/C12H17N3O/c1-2-3-8-6-10(8)15-12(16)9-4-5-11(13)14-7-9/h4-5,7-8,10H,2-3,6H2,1H3,(H2,13,14)(H,15,16). The number of rotatable bonds is 4. The van der Waals surface area contributed by atoms with Crippen LogP contribution >= 0.6 is 0 Å². The largest absolute Gasteiger partial charge is 0.384 e. The topological polar surface area (TPSA) is 68.0 Å². The van der Waals surface area contributed by atoms with Crippen LogP contribution in [0, 0.1) is 5.92 Å². The van der Waals surface area contributed by atoms with E-state index in [4.69, 9.17) is 5.73 Å². The van der Waals surface area contributed by atoms with Crippen molar-refractivity contribution in [3.63, 3.8) is 0 Å². The zero-order chi connectivity index (χ0) is 11.5. The minimum absolute atomic E-state index is 0.0453. The third-order valence-electron chi connectivity index (χ3n) is 2.95. The van der Waals surface area contributed by atoms with Crippen LogP contribution in [0.25, 0.3) is 0 Å². The molecule has 2 unspecified atom stereocenters. The number of amides is 1. The molecule has 86 valence electrons. The Balaban J connectivity index is 1.87. The molecule has 1 aliphatic carbocycles. The first-order valence-electron chi connectivity index (χ1n) is 5.73. The molecule has 1 aromatic rings. The summed E-state index contributed by atoms with van der Waals surface area (Å²) in [6.07, 6.45) is 5.01. The number of nitrogens with zero attached hydrogens (tertiary/aromatic N) is 1. The van der Waals surface area contributed by atoms with E-state index in [1.54, 1.807) is 12.1 Å². The summed E-state index contributed by atoms with van der Waals surface area (Å²) in [6, 6.07) is 3.71. The molecule has 0 aliphatic heterocycles. The van der Waals surface area contributed by atoms with E-state index in [-0.39, 0.29) is 5.91 Å². The van der Waals surface area contributed by atoms with Gasteiger partial charge in [0.2, 0.25) is 0 Å². The summed E-state index contributed by atoms with van der Waals surface area (Å²) in [4.78, 5) is 15.7. The molecule has 2 atom stereocenters. The molecule has 1 saturated carbocycles. The molecule has 0 spiro atoms. The zero-order valence-electron chi connectivity index (χ0n) is 9.44. The summed E-state index contributed by atoms with van der Waals surface area (Å²) in [7, 11) is 0. The highest BCUT2D eigenvalue weighted by atomic mass is 16.1. The number of anilines is 1. The molecule has 1 amide bonds. The lowest BCUT2D eigenvalue weighted by Gasteiger charge is -2.04. The van der Waals surface area contributed by atoms with Gasteiger partial charge in [0, 0.05) is 12.2 Å². The van der Waals surface area contributed by atoms with Crippen LogP contribution < -0.4 is 11.1 Å². The SMILES string of the molecule is CCCC1CC1NC(=O)c1ccc(N)nc1. The van der Waals surface area contributed by atoms with Crippen molar-refractivity contribution in [3.05, 3.63) is 23.9 Å². The number of carbonyl (C=O) groups is 1. The summed E-state index contributed by atoms with van der Waals surface area (Å²) in [5.74, 6) is 1.07. The Bertz CT molecular complexity index is 374. The van der Waals surface area contributed by atoms with E-state index >= 15 is 0 Å². The van der Waals surface area contributed by atoms with Gasteiger partial charge in [-0.3, -0.25) is 4.79 Å². The van der Waals surface area contributed by atoms with E-state index in [1.165, 1.54) is 19.0 Å². The molecule has 4 nitrogen and oxygen atoms in total. The van der Waals surface area contributed by atoms with Crippen molar-refractivity contribution in [2.45, 2.75) is 32.2 Å². The van der Waals surface area contributed by atoms with Gasteiger partial charge in [-0.2, -0.15) is 0 Å². The van der Waals surface area contributed by atoms with Crippen molar-refractivity contribution in [1.82, 2.24) is 10.3 Å². The lowest BCUT2D eigenvalue weighted by Crippen LogP contribution is -2.26. The van der Waals surface area contributed by atoms with Crippen LogP contribution in [-0.2, 0) is 0 Å². The molecule has 2 rings (SSSR count). The van der Waals surface area contributed by atoms with Crippen LogP contribution in [0.4, 0.5) is 5.82 Å². The van der Waals surface area contributed by atoms with Crippen molar-refractivity contribution in [2.75, 3.05) is 5.73 Å². The highest BCUT2D eigenvalue weighted by Crippen LogP contribution is 2.34. The van der Waals surface area contributed by atoms with Gasteiger partial charge in [0.15, 0.2) is 0 Å². The Labute approximate surface area is 95.3 Å². The normalized spacial score (nSPS) is 22.8. The number of nitrogen functional groups attached to an aromatic ring is 1. The van der Waals surface area contributed by atoms with E-state index in [1.807, 2.05) is 0 Å². The second-order valence-corrected chi connectivity index (χ2v) is 4.34. The number of carbonyl (C=O) groups excluding carboxylic acids is 1. The van der Waals surface area contributed by atoms with Crippen LogP contribution in [0.15, 0.2) is 18.3 Å². The van der Waals surface area contributed by atoms with Gasteiger partial charge in [0.05, 0.1) is 5.56 Å². The van der Waals surface area contributed by atoms with E-state index < -0.39 is 0 Å². The molecule has 16 heavy (non-hydrogen) atoms. The molecule has 0 saturated heterocycles. The van der Waals surface area contributed by atoms with Crippen molar-refractivity contribution >= 4 is 11.7 Å². The molecule has 0 aromatic carbocycles. The van der Waals surface area contributed by atoms with E-state index in [0.29, 0.717) is 23.3 Å². The van der Waals surface area contributed by atoms with Gasteiger partial charge >= 0.3 is 0 Å². The van der Waals surface area contributed by atoms with Gasteiger partial charge in [-0.15, -0.1) is 0 Å². The van der Waals surface area contributed by atoms with Gasteiger partial charge in [0.1, 0.15) is 5.82 Å². The molecule has 0 radical (unpaired) electrons. The maximum atomic E-state index is 11.8. The summed E-state index contributed by atoms with van der Waals surface area (Å²) in [6.45, 7) is 2.17. The molecule has 1 fully saturated rings. The lowest BCUT2D eigenvalue weighted by molar-refractivity contribution is 0.0948. The number of hydrogen-bond acceptors (Lipinski definition) is 3. The zero-order valence-corrected chi connectivity index (χ0v) is 9.44. The van der Waals surface area contributed by atoms with Crippen LogP contribution in [0.5, 0.6) is 0 Å². The molecule has 4 heteroatoms. The Kier molecular flexibility index (Phi) is 3.08. The molecular weight excluding hydrogens is 202 g/mol. The quantitative estimate of drug-likeness (QED) is 0.808. The minimum atomic E-state index is -0.0453. The van der Waals surface area contributed by atoms with Gasteiger partial charge in [0.25, 0.3) is 5.91 Å². The highest BCUT2D eigenvalue weighted by molar-refractivity contribution is 5.94. The van der Waals surface area contributed by atoms with Crippen LogP contribution in [0.3, 0.4) is 0 Å². The van der Waals surface area contributed by atoms with Crippen molar-refractivity contribution in [2.24, 2.45) is 5.92 Å². The molecule has 1 aliphatic rings. The molecule has 3 N–H and O–H groups in total. The number of nitrogens with two attached hydrogens (primary N) is 1. The Morgan fingerprint density at radius 2 is 2.44 bits per heavy atom. The number of aromatic nitrogens is 1. The maximum Gasteiger partial charge on any atom is 0.253 e. The predicted molar refractivity (Wildman–Crippen MR) is 62.9 cm³/mol. The number of pyridine rings is 1. The second-order valence-electron chi connectivity index (χ2n) is 4.34. The highest BCUT2D eigenvalue weighted by Gasteiger charge is 2.37. The monoisotopic (exact) mass is 219 g/mol. The number of hydrogen-bond donors (Lipinski definition) is 2. The third-order valence-corrected chi connectivity index (χ3v) is 2.95. The molecule has 1 aromatic heterocycles. The van der Waals surface area contributed by atoms with E-state index in [2.05, 4.69) is 17.2 Å². The fraction of sp³-hybridized carbons (Fsp3) is 0.500. The Morgan fingerprint density at radius 1 is 1.62 bits per heavy atom. The van der Waals surface area contributed by atoms with Crippen molar-refractivity contribution in [3.8, 4) is 0 Å².